The molecule has 0 unspecified atom stereocenters. The predicted molar refractivity (Wildman–Crippen MR) is 66.0 cm³/mol. The van der Waals surface area contributed by atoms with Crippen molar-refractivity contribution < 1.29 is 4.42 Å². The molecule has 0 saturated carbocycles. The van der Waals surface area contributed by atoms with Crippen LogP contribution in [0.2, 0.25) is 0 Å². The van der Waals surface area contributed by atoms with Crippen molar-refractivity contribution in [2.75, 3.05) is 7.05 Å². The van der Waals surface area contributed by atoms with Crippen LogP contribution in [0.15, 0.2) is 41.1 Å². The third-order valence-electron chi connectivity index (χ3n) is 2.53. The minimum Gasteiger partial charge on any atom is -0.468 e. The number of nitrogens with two attached hydrogens (primary N) is 1. The molecule has 0 fully saturated rings. The van der Waals surface area contributed by atoms with Gasteiger partial charge >= 0.3 is 0 Å². The Morgan fingerprint density at radius 1 is 1.35 bits per heavy atom. The van der Waals surface area contributed by atoms with Crippen LogP contribution < -0.4 is 5.73 Å². The molecule has 17 heavy (non-hydrogen) atoms. The highest BCUT2D eigenvalue weighted by Crippen LogP contribution is 2.10. The lowest BCUT2D eigenvalue weighted by atomic mass is 10.3. The highest BCUT2D eigenvalue weighted by atomic mass is 16.3. The van der Waals surface area contributed by atoms with Gasteiger partial charge in [-0.15, -0.1) is 0 Å². The van der Waals surface area contributed by atoms with E-state index in [9.17, 15) is 0 Å². The average molecular weight is 231 g/mol. The number of furan rings is 1. The Balaban J connectivity index is 1.91. The molecule has 2 aromatic rings. The van der Waals surface area contributed by atoms with Crippen molar-refractivity contribution >= 4 is 0 Å². The maximum atomic E-state index is 5.53. The van der Waals surface area contributed by atoms with Crippen molar-refractivity contribution in [3.63, 3.8) is 0 Å². The minimum absolute atomic E-state index is 0.521. The molecule has 4 heteroatoms. The monoisotopic (exact) mass is 231 g/mol. The quantitative estimate of drug-likeness (QED) is 0.852. The van der Waals surface area contributed by atoms with Crippen LogP contribution >= 0.6 is 0 Å². The van der Waals surface area contributed by atoms with Crippen molar-refractivity contribution in [3.05, 3.63) is 53.7 Å². The molecule has 4 nitrogen and oxygen atoms in total. The number of aromatic nitrogens is 1. The fourth-order valence-electron chi connectivity index (χ4n) is 1.71. The molecule has 90 valence electrons. The fourth-order valence-corrected chi connectivity index (χ4v) is 1.71. The molecule has 0 amide bonds. The summed E-state index contributed by atoms with van der Waals surface area (Å²) in [5, 5.41) is 0. The van der Waals surface area contributed by atoms with Crippen molar-refractivity contribution in [2.45, 2.75) is 19.6 Å². The Kier molecular flexibility index (Phi) is 3.90. The van der Waals surface area contributed by atoms with Gasteiger partial charge in [-0.3, -0.25) is 9.88 Å². The molecular formula is C13H17N3O. The van der Waals surface area contributed by atoms with Crippen LogP contribution in [0, 0.1) is 0 Å². The number of hydrogen-bond donors (Lipinski definition) is 1. The zero-order valence-corrected chi connectivity index (χ0v) is 9.97. The van der Waals surface area contributed by atoms with Gasteiger partial charge in [-0.1, -0.05) is 6.07 Å². The first-order valence-corrected chi connectivity index (χ1v) is 5.62. The average Bonchev–Trinajstić information content (AvgIpc) is 2.78. The van der Waals surface area contributed by atoms with Crippen LogP contribution in [-0.2, 0) is 19.6 Å². The van der Waals surface area contributed by atoms with E-state index in [0.717, 1.165) is 30.1 Å². The summed E-state index contributed by atoms with van der Waals surface area (Å²) in [6.45, 7) is 2.09. The summed E-state index contributed by atoms with van der Waals surface area (Å²) in [6.07, 6.45) is 3.52. The predicted octanol–water partition coefficient (Wildman–Crippen LogP) is 1.77. The molecule has 0 bridgehead atoms. The Hall–Kier alpha value is -1.65. The molecule has 0 aromatic carbocycles. The van der Waals surface area contributed by atoms with E-state index >= 15 is 0 Å². The molecule has 0 aliphatic carbocycles. The minimum atomic E-state index is 0.521. The summed E-state index contributed by atoms with van der Waals surface area (Å²) in [4.78, 5) is 6.44. The second-order valence-corrected chi connectivity index (χ2v) is 4.12. The van der Waals surface area contributed by atoms with Gasteiger partial charge in [0.25, 0.3) is 0 Å². The first-order valence-electron chi connectivity index (χ1n) is 5.62. The topological polar surface area (TPSA) is 55.3 Å². The zero-order chi connectivity index (χ0) is 12.1. The Bertz CT molecular complexity index is 453. The molecule has 0 aliphatic rings. The van der Waals surface area contributed by atoms with Gasteiger partial charge in [0.2, 0.25) is 0 Å². The van der Waals surface area contributed by atoms with Crippen LogP contribution in [0.4, 0.5) is 0 Å². The molecule has 0 radical (unpaired) electrons. The summed E-state index contributed by atoms with van der Waals surface area (Å²) >= 11 is 0. The summed E-state index contributed by atoms with van der Waals surface area (Å²) in [5.41, 5.74) is 7.62. The molecule has 2 rings (SSSR count). The number of rotatable bonds is 5. The lowest BCUT2D eigenvalue weighted by molar-refractivity contribution is 0.285. The van der Waals surface area contributed by atoms with E-state index in [0.29, 0.717) is 6.54 Å². The normalized spacial score (nSPS) is 11.0. The molecule has 2 heterocycles. The second kappa shape index (κ2) is 5.61. The highest BCUT2D eigenvalue weighted by molar-refractivity contribution is 5.12. The van der Waals surface area contributed by atoms with Gasteiger partial charge in [-0.25, -0.2) is 0 Å². The smallest absolute Gasteiger partial charge is 0.118 e. The summed E-state index contributed by atoms with van der Waals surface area (Å²) in [7, 11) is 2.04. The van der Waals surface area contributed by atoms with Gasteiger partial charge < -0.3 is 10.2 Å². The Morgan fingerprint density at radius 2 is 2.24 bits per heavy atom. The van der Waals surface area contributed by atoms with Gasteiger partial charge in [0.15, 0.2) is 0 Å². The van der Waals surface area contributed by atoms with Crippen LogP contribution in [0.1, 0.15) is 17.0 Å². The van der Waals surface area contributed by atoms with Crippen molar-refractivity contribution in [1.29, 1.82) is 0 Å². The fraction of sp³-hybridized carbons (Fsp3) is 0.308. The van der Waals surface area contributed by atoms with E-state index in [1.54, 1.807) is 6.26 Å². The molecule has 0 aliphatic heterocycles. The Labute approximate surface area is 101 Å². The summed E-state index contributed by atoms with van der Waals surface area (Å²) in [6, 6.07) is 7.93. The van der Waals surface area contributed by atoms with Gasteiger partial charge in [0.1, 0.15) is 5.76 Å². The van der Waals surface area contributed by atoms with E-state index in [1.807, 2.05) is 37.5 Å². The van der Waals surface area contributed by atoms with Crippen LogP contribution in [0.5, 0.6) is 0 Å². The van der Waals surface area contributed by atoms with E-state index in [2.05, 4.69) is 9.88 Å². The maximum Gasteiger partial charge on any atom is 0.118 e. The third kappa shape index (κ3) is 3.41. The van der Waals surface area contributed by atoms with Crippen LogP contribution in [0.3, 0.4) is 0 Å². The van der Waals surface area contributed by atoms with Gasteiger partial charge in [-0.05, 0) is 25.2 Å². The standard InChI is InChI=1S/C13H17N3O/c1-16(8-12-4-2-3-5-15-12)9-13-6-11(7-14)10-17-13/h2-6,10H,7-9,14H2,1H3. The second-order valence-electron chi connectivity index (χ2n) is 4.12. The Morgan fingerprint density at radius 3 is 2.88 bits per heavy atom. The largest absolute Gasteiger partial charge is 0.468 e. The van der Waals surface area contributed by atoms with Gasteiger partial charge in [0, 0.05) is 24.8 Å². The van der Waals surface area contributed by atoms with Crippen molar-refractivity contribution in [3.8, 4) is 0 Å². The lowest BCUT2D eigenvalue weighted by Crippen LogP contribution is -2.17. The number of hydrogen-bond acceptors (Lipinski definition) is 4. The molecule has 2 aromatic heterocycles. The number of pyridine rings is 1. The first kappa shape index (κ1) is 11.8. The molecule has 0 atom stereocenters. The van der Waals surface area contributed by atoms with Crippen LogP contribution in [0.25, 0.3) is 0 Å². The van der Waals surface area contributed by atoms with Crippen LogP contribution in [-0.4, -0.2) is 16.9 Å². The molecule has 0 spiro atoms. The zero-order valence-electron chi connectivity index (χ0n) is 9.97. The molecule has 0 saturated heterocycles. The molecular weight excluding hydrogens is 214 g/mol. The lowest BCUT2D eigenvalue weighted by Gasteiger charge is -2.14. The van der Waals surface area contributed by atoms with E-state index in [1.165, 1.54) is 0 Å². The van der Waals surface area contributed by atoms with Crippen molar-refractivity contribution in [1.82, 2.24) is 9.88 Å². The molecule has 2 N–H and O–H groups in total. The van der Waals surface area contributed by atoms with E-state index < -0.39 is 0 Å². The third-order valence-corrected chi connectivity index (χ3v) is 2.53. The first-order chi connectivity index (χ1) is 8.28. The number of nitrogens with zero attached hydrogens (tertiary/aromatic N) is 2. The van der Waals surface area contributed by atoms with Crippen molar-refractivity contribution in [2.24, 2.45) is 5.73 Å². The van der Waals surface area contributed by atoms with E-state index in [-0.39, 0.29) is 0 Å². The maximum absolute atomic E-state index is 5.53. The van der Waals surface area contributed by atoms with Gasteiger partial charge in [-0.2, -0.15) is 0 Å². The summed E-state index contributed by atoms with van der Waals surface area (Å²) < 4.78 is 5.42. The summed E-state index contributed by atoms with van der Waals surface area (Å²) in [5.74, 6) is 0.934. The highest BCUT2D eigenvalue weighted by Gasteiger charge is 2.06. The van der Waals surface area contributed by atoms with Gasteiger partial charge in [0.05, 0.1) is 18.5 Å². The van der Waals surface area contributed by atoms with E-state index in [4.69, 9.17) is 10.2 Å². The SMILES string of the molecule is CN(Cc1ccccn1)Cc1cc(CN)co1.